The molecule has 1 atom stereocenters. The largest absolute Gasteiger partial charge is 0.347 e. The number of likely N-dealkylation sites (N-methyl/N-ethyl adjacent to an activating group) is 1. The Bertz CT molecular complexity index is 821. The van der Waals surface area contributed by atoms with Crippen LogP contribution in [0.5, 0.6) is 0 Å². The van der Waals surface area contributed by atoms with Gasteiger partial charge in [-0.25, -0.2) is 0 Å². The zero-order valence-electron chi connectivity index (χ0n) is 20.7. The molecule has 1 aliphatic rings. The molecule has 0 aromatic heterocycles. The molecule has 1 saturated heterocycles. The van der Waals surface area contributed by atoms with Crippen molar-refractivity contribution >= 4 is 29.3 Å². The van der Waals surface area contributed by atoms with E-state index in [1.165, 1.54) is 10.5 Å². The summed E-state index contributed by atoms with van der Waals surface area (Å²) >= 11 is 0. The van der Waals surface area contributed by atoms with Gasteiger partial charge in [0.05, 0.1) is 6.54 Å². The number of hydrogen-bond donors (Lipinski definition) is 3. The quantitative estimate of drug-likeness (QED) is 0.426. The molecular weight excluding hydrogens is 434 g/mol. The van der Waals surface area contributed by atoms with Gasteiger partial charge in [-0.15, -0.1) is 0 Å². The Morgan fingerprint density at radius 2 is 1.71 bits per heavy atom. The normalized spacial score (nSPS) is 14.3. The SMILES string of the molecule is CCc1ccc(NC(=O)C(CC)N(CC)C(=O)CNC(=O)CCCC(=O)N2CCNCC2)cc1. The zero-order valence-corrected chi connectivity index (χ0v) is 20.7. The van der Waals surface area contributed by atoms with Crippen molar-refractivity contribution in [1.29, 1.82) is 0 Å². The molecule has 9 heteroatoms. The molecule has 0 aliphatic carbocycles. The van der Waals surface area contributed by atoms with Crippen LogP contribution in [-0.2, 0) is 25.6 Å². The average Bonchev–Trinajstić information content (AvgIpc) is 2.86. The summed E-state index contributed by atoms with van der Waals surface area (Å²) in [7, 11) is 0. The number of nitrogens with zero attached hydrogens (tertiary/aromatic N) is 2. The third-order valence-electron chi connectivity index (χ3n) is 6.06. The number of carbonyl (C=O) groups excluding carboxylic acids is 4. The summed E-state index contributed by atoms with van der Waals surface area (Å²) in [5.74, 6) is -0.773. The highest BCUT2D eigenvalue weighted by molar-refractivity contribution is 5.97. The number of carbonyl (C=O) groups is 4. The number of hydrogen-bond acceptors (Lipinski definition) is 5. The van der Waals surface area contributed by atoms with Crippen LogP contribution in [-0.4, -0.2) is 78.7 Å². The van der Waals surface area contributed by atoms with E-state index in [4.69, 9.17) is 0 Å². The van der Waals surface area contributed by atoms with Gasteiger partial charge in [-0.05, 0) is 43.9 Å². The van der Waals surface area contributed by atoms with E-state index in [2.05, 4.69) is 22.9 Å². The first-order valence-corrected chi connectivity index (χ1v) is 12.3. The van der Waals surface area contributed by atoms with Gasteiger partial charge in [-0.3, -0.25) is 19.2 Å². The highest BCUT2D eigenvalue weighted by Gasteiger charge is 2.27. The number of rotatable bonds is 12. The van der Waals surface area contributed by atoms with Crippen LogP contribution in [0.3, 0.4) is 0 Å². The van der Waals surface area contributed by atoms with Crippen molar-refractivity contribution in [2.45, 2.75) is 58.9 Å². The van der Waals surface area contributed by atoms with Gasteiger partial charge in [0.15, 0.2) is 0 Å². The maximum Gasteiger partial charge on any atom is 0.247 e. The first kappa shape index (κ1) is 27.3. The molecule has 4 amide bonds. The molecule has 0 saturated carbocycles. The fraction of sp³-hybridized carbons (Fsp3) is 0.600. The summed E-state index contributed by atoms with van der Waals surface area (Å²) in [6.07, 6.45) is 2.32. The molecule has 0 radical (unpaired) electrons. The second kappa shape index (κ2) is 14.3. The number of benzene rings is 1. The van der Waals surface area contributed by atoms with E-state index in [-0.39, 0.29) is 36.6 Å². The minimum Gasteiger partial charge on any atom is -0.347 e. The first-order chi connectivity index (χ1) is 16.4. The van der Waals surface area contributed by atoms with Crippen molar-refractivity contribution in [3.8, 4) is 0 Å². The summed E-state index contributed by atoms with van der Waals surface area (Å²) in [5.41, 5.74) is 1.87. The van der Waals surface area contributed by atoms with Crippen LogP contribution in [0.1, 0.15) is 52.0 Å². The zero-order chi connectivity index (χ0) is 24.9. The van der Waals surface area contributed by atoms with Gasteiger partial charge < -0.3 is 25.8 Å². The van der Waals surface area contributed by atoms with Gasteiger partial charge >= 0.3 is 0 Å². The molecule has 0 bridgehead atoms. The summed E-state index contributed by atoms with van der Waals surface area (Å²) in [6.45, 7) is 8.90. The van der Waals surface area contributed by atoms with Crippen LogP contribution in [0.15, 0.2) is 24.3 Å². The molecule has 188 valence electrons. The molecule has 1 fully saturated rings. The van der Waals surface area contributed by atoms with Crippen molar-refractivity contribution in [1.82, 2.24) is 20.4 Å². The highest BCUT2D eigenvalue weighted by Crippen LogP contribution is 2.13. The fourth-order valence-electron chi connectivity index (χ4n) is 4.00. The minimum absolute atomic E-state index is 0.0590. The predicted octanol–water partition coefficient (Wildman–Crippen LogP) is 1.53. The Morgan fingerprint density at radius 1 is 1.03 bits per heavy atom. The van der Waals surface area contributed by atoms with Crippen LogP contribution < -0.4 is 16.0 Å². The van der Waals surface area contributed by atoms with Crippen molar-refractivity contribution in [2.75, 3.05) is 44.6 Å². The summed E-state index contributed by atoms with van der Waals surface area (Å²) in [5, 5.41) is 8.72. The maximum absolute atomic E-state index is 12.8. The van der Waals surface area contributed by atoms with Gasteiger partial charge in [0.2, 0.25) is 23.6 Å². The molecule has 1 aromatic rings. The lowest BCUT2D eigenvalue weighted by molar-refractivity contribution is -0.139. The van der Waals surface area contributed by atoms with E-state index in [1.807, 2.05) is 43.0 Å². The highest BCUT2D eigenvalue weighted by atomic mass is 16.2. The Hall–Kier alpha value is -2.94. The van der Waals surface area contributed by atoms with E-state index >= 15 is 0 Å². The number of aryl methyl sites for hydroxylation is 1. The third-order valence-corrected chi connectivity index (χ3v) is 6.06. The van der Waals surface area contributed by atoms with E-state index in [0.29, 0.717) is 44.6 Å². The molecular formula is C25H39N5O4. The molecule has 2 rings (SSSR count). The van der Waals surface area contributed by atoms with E-state index < -0.39 is 6.04 Å². The Kier molecular flexibility index (Phi) is 11.5. The fourth-order valence-corrected chi connectivity index (χ4v) is 4.00. The minimum atomic E-state index is -0.628. The Labute approximate surface area is 202 Å². The van der Waals surface area contributed by atoms with Gasteiger partial charge in [0.25, 0.3) is 0 Å². The first-order valence-electron chi connectivity index (χ1n) is 12.3. The number of anilines is 1. The molecule has 34 heavy (non-hydrogen) atoms. The van der Waals surface area contributed by atoms with Crippen molar-refractivity contribution in [2.24, 2.45) is 0 Å². The van der Waals surface area contributed by atoms with E-state index in [9.17, 15) is 19.2 Å². The van der Waals surface area contributed by atoms with Crippen LogP contribution in [0.25, 0.3) is 0 Å². The van der Waals surface area contributed by atoms with Crippen LogP contribution in [0.2, 0.25) is 0 Å². The van der Waals surface area contributed by atoms with Gasteiger partial charge in [-0.1, -0.05) is 26.0 Å². The van der Waals surface area contributed by atoms with E-state index in [1.54, 1.807) is 0 Å². The number of nitrogens with one attached hydrogen (secondary N) is 3. The second-order valence-corrected chi connectivity index (χ2v) is 8.40. The summed E-state index contributed by atoms with van der Waals surface area (Å²) in [4.78, 5) is 53.3. The predicted molar refractivity (Wildman–Crippen MR) is 132 cm³/mol. The standard InChI is InChI=1S/C25H39N5O4/c1-4-19-10-12-20(13-11-19)28-25(34)21(5-2)30(6-3)24(33)18-27-22(31)8-7-9-23(32)29-16-14-26-15-17-29/h10-13,21,26H,4-9,14-18H2,1-3H3,(H,27,31)(H,28,34). The summed E-state index contributed by atoms with van der Waals surface area (Å²) < 4.78 is 0. The van der Waals surface area contributed by atoms with Crippen LogP contribution in [0, 0.1) is 0 Å². The molecule has 1 unspecified atom stereocenters. The molecule has 1 aromatic carbocycles. The topological polar surface area (TPSA) is 111 Å². The lowest BCUT2D eigenvalue weighted by Gasteiger charge is -2.29. The van der Waals surface area contributed by atoms with Gasteiger partial charge in [0, 0.05) is 51.3 Å². The molecule has 9 nitrogen and oxygen atoms in total. The summed E-state index contributed by atoms with van der Waals surface area (Å²) in [6, 6.07) is 7.01. The number of piperazine rings is 1. The monoisotopic (exact) mass is 473 g/mol. The van der Waals surface area contributed by atoms with E-state index in [0.717, 1.165) is 19.5 Å². The van der Waals surface area contributed by atoms with Crippen LogP contribution >= 0.6 is 0 Å². The molecule has 3 N–H and O–H groups in total. The van der Waals surface area contributed by atoms with Crippen molar-refractivity contribution in [3.63, 3.8) is 0 Å². The van der Waals surface area contributed by atoms with Crippen molar-refractivity contribution in [3.05, 3.63) is 29.8 Å². The molecule has 1 aliphatic heterocycles. The Morgan fingerprint density at radius 3 is 2.29 bits per heavy atom. The smallest absolute Gasteiger partial charge is 0.247 e. The van der Waals surface area contributed by atoms with Gasteiger partial charge in [-0.2, -0.15) is 0 Å². The third kappa shape index (κ3) is 8.44. The lowest BCUT2D eigenvalue weighted by Crippen LogP contribution is -2.50. The van der Waals surface area contributed by atoms with Crippen molar-refractivity contribution < 1.29 is 19.2 Å². The number of amides is 4. The van der Waals surface area contributed by atoms with Crippen LogP contribution in [0.4, 0.5) is 5.69 Å². The molecule has 0 spiro atoms. The average molecular weight is 474 g/mol. The van der Waals surface area contributed by atoms with Gasteiger partial charge in [0.1, 0.15) is 6.04 Å². The molecule has 1 heterocycles. The Balaban J connectivity index is 1.78. The maximum atomic E-state index is 12.8. The lowest BCUT2D eigenvalue weighted by atomic mass is 10.1. The second-order valence-electron chi connectivity index (χ2n) is 8.40.